The third kappa shape index (κ3) is 5.50. The molecule has 186 valence electrons. The lowest BCUT2D eigenvalue weighted by molar-refractivity contribution is -0.114. The van der Waals surface area contributed by atoms with Crippen LogP contribution in [0.2, 0.25) is 5.02 Å². The van der Waals surface area contributed by atoms with Crippen molar-refractivity contribution in [3.8, 4) is 11.6 Å². The van der Waals surface area contributed by atoms with Crippen molar-refractivity contribution in [1.82, 2.24) is 24.1 Å². The summed E-state index contributed by atoms with van der Waals surface area (Å²) >= 11 is 6.04. The number of aromatic hydroxyl groups is 1. The van der Waals surface area contributed by atoms with Gasteiger partial charge in [0.2, 0.25) is 10.0 Å². The Hall–Kier alpha value is -3.89. The summed E-state index contributed by atoms with van der Waals surface area (Å²) in [7, 11) is -2.17. The first kappa shape index (κ1) is 25.2. The molecule has 3 aromatic heterocycles. The zero-order chi connectivity index (χ0) is 26.0. The number of rotatable bonds is 7. The average molecular weight is 526 g/mol. The SMILES string of the molecule is Cc1ccc(C=CCS(=O)(=O)NC(=O)/C=C/c2c(C)nn(C)c2-n2ccc3cc(Cl)cnc32)c(O)c1. The highest BCUT2D eigenvalue weighted by Crippen LogP contribution is 2.26. The Bertz CT molecular complexity index is 1630. The van der Waals surface area contributed by atoms with Crippen molar-refractivity contribution in [2.45, 2.75) is 13.8 Å². The van der Waals surface area contributed by atoms with Crippen molar-refractivity contribution >= 4 is 50.7 Å². The number of aryl methyl sites for hydroxylation is 3. The van der Waals surface area contributed by atoms with Gasteiger partial charge in [-0.3, -0.25) is 14.0 Å². The first-order chi connectivity index (χ1) is 17.0. The molecule has 4 aromatic rings. The van der Waals surface area contributed by atoms with Crippen LogP contribution in [0.1, 0.15) is 22.4 Å². The first-order valence-electron chi connectivity index (χ1n) is 10.9. The standard InChI is InChI=1S/C25H24ClN5O4S/c1-16-6-7-18(22(32)13-16)5-4-12-36(34,35)29-23(33)9-8-21-17(2)28-30(3)25(21)31-11-10-19-14-20(26)15-27-24(19)31/h4-11,13-15,32H,12H2,1-3H3,(H,29,33)/b5-4?,9-8+. The molecule has 0 aliphatic heterocycles. The van der Waals surface area contributed by atoms with E-state index in [1.807, 2.05) is 28.5 Å². The predicted molar refractivity (Wildman–Crippen MR) is 140 cm³/mol. The molecule has 0 radical (unpaired) electrons. The maximum Gasteiger partial charge on any atom is 0.257 e. The van der Waals surface area contributed by atoms with Gasteiger partial charge in [-0.1, -0.05) is 35.9 Å². The van der Waals surface area contributed by atoms with Gasteiger partial charge in [-0.05, 0) is 43.7 Å². The molecule has 0 spiro atoms. The molecular weight excluding hydrogens is 502 g/mol. The molecule has 11 heteroatoms. The number of carbonyl (C=O) groups is 1. The van der Waals surface area contributed by atoms with E-state index in [0.29, 0.717) is 33.3 Å². The number of sulfonamides is 1. The van der Waals surface area contributed by atoms with Crippen molar-refractivity contribution < 1.29 is 18.3 Å². The summed E-state index contributed by atoms with van der Waals surface area (Å²) in [5, 5.41) is 15.7. The number of carbonyl (C=O) groups excluding carboxylic acids is 1. The van der Waals surface area contributed by atoms with Gasteiger partial charge in [0, 0.05) is 42.0 Å². The quantitative estimate of drug-likeness (QED) is 0.353. The maximum absolute atomic E-state index is 12.4. The van der Waals surface area contributed by atoms with Crippen LogP contribution in [0, 0.1) is 13.8 Å². The van der Waals surface area contributed by atoms with Gasteiger partial charge in [0.25, 0.3) is 5.91 Å². The number of pyridine rings is 1. The summed E-state index contributed by atoms with van der Waals surface area (Å²) in [4.78, 5) is 16.8. The molecule has 0 atom stereocenters. The number of aromatic nitrogens is 4. The Balaban J connectivity index is 1.51. The molecule has 0 saturated carbocycles. The third-order valence-electron chi connectivity index (χ3n) is 5.41. The minimum Gasteiger partial charge on any atom is -0.507 e. The Morgan fingerprint density at radius 2 is 1.97 bits per heavy atom. The van der Waals surface area contributed by atoms with Gasteiger partial charge < -0.3 is 5.11 Å². The topological polar surface area (TPSA) is 119 Å². The van der Waals surface area contributed by atoms with E-state index in [4.69, 9.17) is 11.6 Å². The zero-order valence-electron chi connectivity index (χ0n) is 19.8. The highest BCUT2D eigenvalue weighted by atomic mass is 35.5. The van der Waals surface area contributed by atoms with Crippen molar-refractivity contribution in [3.63, 3.8) is 0 Å². The van der Waals surface area contributed by atoms with E-state index in [1.54, 1.807) is 49.1 Å². The van der Waals surface area contributed by atoms with Gasteiger partial charge in [0.15, 0.2) is 0 Å². The lowest BCUT2D eigenvalue weighted by Crippen LogP contribution is -2.30. The molecule has 1 amide bonds. The molecule has 2 N–H and O–H groups in total. The van der Waals surface area contributed by atoms with Crippen LogP contribution in [-0.4, -0.2) is 44.5 Å². The molecule has 0 saturated heterocycles. The predicted octanol–water partition coefficient (Wildman–Crippen LogP) is 3.91. The van der Waals surface area contributed by atoms with Gasteiger partial charge in [-0.25, -0.2) is 18.1 Å². The lowest BCUT2D eigenvalue weighted by atomic mass is 10.1. The number of amides is 1. The van der Waals surface area contributed by atoms with Crippen LogP contribution in [0.25, 0.3) is 29.0 Å². The number of nitrogens with one attached hydrogen (secondary N) is 1. The Kier molecular flexibility index (Phi) is 7.00. The molecule has 3 heterocycles. The second-order valence-corrected chi connectivity index (χ2v) is 10.4. The van der Waals surface area contributed by atoms with Crippen LogP contribution in [0.5, 0.6) is 5.75 Å². The number of benzene rings is 1. The summed E-state index contributed by atoms with van der Waals surface area (Å²) in [6.07, 6.45) is 8.89. The van der Waals surface area contributed by atoms with Crippen molar-refractivity contribution in [3.05, 3.63) is 82.3 Å². The van der Waals surface area contributed by atoms with Crippen molar-refractivity contribution in [2.24, 2.45) is 7.05 Å². The van der Waals surface area contributed by atoms with Gasteiger partial charge in [-0.2, -0.15) is 5.10 Å². The molecule has 36 heavy (non-hydrogen) atoms. The summed E-state index contributed by atoms with van der Waals surface area (Å²) in [5.74, 6) is -0.518. The van der Waals surface area contributed by atoms with E-state index in [-0.39, 0.29) is 5.75 Å². The number of halogens is 1. The smallest absolute Gasteiger partial charge is 0.257 e. The third-order valence-corrected chi connectivity index (χ3v) is 6.77. The first-order valence-corrected chi connectivity index (χ1v) is 12.9. The monoisotopic (exact) mass is 525 g/mol. The van der Waals surface area contributed by atoms with Gasteiger partial charge >= 0.3 is 0 Å². The Labute approximate surface area is 213 Å². The van der Waals surface area contributed by atoms with E-state index >= 15 is 0 Å². The van der Waals surface area contributed by atoms with Gasteiger partial charge in [0.1, 0.15) is 17.2 Å². The number of fused-ring (bicyclic) bond motifs is 1. The molecular formula is C25H24ClN5O4S. The van der Waals surface area contributed by atoms with Crippen molar-refractivity contribution in [2.75, 3.05) is 5.75 Å². The normalized spacial score (nSPS) is 12.2. The molecule has 9 nitrogen and oxygen atoms in total. The lowest BCUT2D eigenvalue weighted by Gasteiger charge is -2.07. The van der Waals surface area contributed by atoms with E-state index < -0.39 is 21.7 Å². The molecule has 0 bridgehead atoms. The maximum atomic E-state index is 12.4. The molecule has 4 rings (SSSR count). The van der Waals surface area contributed by atoms with Crippen LogP contribution in [0.3, 0.4) is 0 Å². The zero-order valence-corrected chi connectivity index (χ0v) is 21.4. The molecule has 0 fully saturated rings. The van der Waals surface area contributed by atoms with Gasteiger partial charge in [0.05, 0.1) is 16.5 Å². The van der Waals surface area contributed by atoms with Crippen LogP contribution in [0.15, 0.2) is 54.9 Å². The van der Waals surface area contributed by atoms with Crippen LogP contribution < -0.4 is 4.72 Å². The van der Waals surface area contributed by atoms with Gasteiger partial charge in [-0.15, -0.1) is 0 Å². The second kappa shape index (κ2) is 10.00. The fraction of sp³-hybridized carbons (Fsp3) is 0.160. The average Bonchev–Trinajstić information content (AvgIpc) is 3.31. The number of nitrogens with zero attached hydrogens (tertiary/aromatic N) is 4. The summed E-state index contributed by atoms with van der Waals surface area (Å²) in [6.45, 7) is 3.63. The fourth-order valence-corrected chi connectivity index (χ4v) is 4.77. The van der Waals surface area contributed by atoms with E-state index in [1.165, 1.54) is 18.2 Å². The molecule has 0 aliphatic carbocycles. The van der Waals surface area contributed by atoms with E-state index in [2.05, 4.69) is 10.1 Å². The highest BCUT2D eigenvalue weighted by molar-refractivity contribution is 7.90. The molecule has 0 aliphatic rings. The second-order valence-electron chi connectivity index (χ2n) is 8.24. The minimum absolute atomic E-state index is 0.0482. The van der Waals surface area contributed by atoms with Crippen LogP contribution in [-0.2, 0) is 21.9 Å². The fourth-order valence-electron chi connectivity index (χ4n) is 3.80. The van der Waals surface area contributed by atoms with E-state index in [9.17, 15) is 18.3 Å². The Morgan fingerprint density at radius 3 is 2.72 bits per heavy atom. The van der Waals surface area contributed by atoms with Crippen LogP contribution in [0.4, 0.5) is 0 Å². The Morgan fingerprint density at radius 1 is 1.19 bits per heavy atom. The molecule has 1 aromatic carbocycles. The number of phenols is 1. The highest BCUT2D eigenvalue weighted by Gasteiger charge is 2.17. The molecule has 0 unspecified atom stereocenters. The van der Waals surface area contributed by atoms with Crippen molar-refractivity contribution in [1.29, 1.82) is 0 Å². The van der Waals surface area contributed by atoms with E-state index in [0.717, 1.165) is 17.0 Å². The minimum atomic E-state index is -3.94. The number of hydrogen-bond donors (Lipinski definition) is 2. The summed E-state index contributed by atoms with van der Waals surface area (Å²) in [6, 6.07) is 8.73. The largest absolute Gasteiger partial charge is 0.507 e. The summed E-state index contributed by atoms with van der Waals surface area (Å²) in [5.41, 5.74) is 3.31. The van der Waals surface area contributed by atoms with Crippen LogP contribution >= 0.6 is 11.6 Å². The summed E-state index contributed by atoms with van der Waals surface area (Å²) < 4.78 is 30.2. The number of phenolic OH excluding ortho intramolecular Hbond substituents is 1. The number of hydrogen-bond acceptors (Lipinski definition) is 6.